The molecule has 66 valence electrons. The van der Waals surface area contributed by atoms with Crippen molar-refractivity contribution < 1.29 is 0 Å². The standard InChI is InChI=1S/C12H18/c1-2-7-4-12-5-8-3-10(12)11(8)9(7)6-12/h7-11H,2-6H2,1H3. The molecule has 6 unspecified atom stereocenters. The highest BCUT2D eigenvalue weighted by atomic mass is 14.8. The summed E-state index contributed by atoms with van der Waals surface area (Å²) in [7, 11) is 0. The molecule has 6 atom stereocenters. The summed E-state index contributed by atoms with van der Waals surface area (Å²) >= 11 is 0. The first kappa shape index (κ1) is 6.45. The van der Waals surface area contributed by atoms with Crippen molar-refractivity contribution in [1.29, 1.82) is 0 Å². The Hall–Kier alpha value is 0. The Bertz CT molecular complexity index is 244. The van der Waals surface area contributed by atoms with E-state index in [0.29, 0.717) is 0 Å². The molecule has 5 bridgehead atoms. The van der Waals surface area contributed by atoms with E-state index in [1.165, 1.54) is 30.1 Å². The monoisotopic (exact) mass is 162 g/mol. The second-order valence-electron chi connectivity index (χ2n) is 5.99. The van der Waals surface area contributed by atoms with E-state index >= 15 is 0 Å². The molecule has 5 fully saturated rings. The minimum Gasteiger partial charge on any atom is -0.0651 e. The maximum Gasteiger partial charge on any atom is -0.0258 e. The molecule has 0 heterocycles. The largest absolute Gasteiger partial charge is 0.0651 e. The molecule has 5 rings (SSSR count). The minimum atomic E-state index is 0.931. The summed E-state index contributed by atoms with van der Waals surface area (Å²) in [6, 6.07) is 0. The van der Waals surface area contributed by atoms with Crippen LogP contribution in [-0.4, -0.2) is 0 Å². The van der Waals surface area contributed by atoms with E-state index in [9.17, 15) is 0 Å². The lowest BCUT2D eigenvalue weighted by molar-refractivity contribution is 0.0544. The summed E-state index contributed by atoms with van der Waals surface area (Å²) in [6.45, 7) is 2.41. The molecule has 0 heteroatoms. The smallest absolute Gasteiger partial charge is 0.0258 e. The van der Waals surface area contributed by atoms with Gasteiger partial charge < -0.3 is 0 Å². The van der Waals surface area contributed by atoms with Gasteiger partial charge in [0.15, 0.2) is 0 Å². The van der Waals surface area contributed by atoms with Gasteiger partial charge in [0.1, 0.15) is 0 Å². The molecule has 0 radical (unpaired) electrons. The van der Waals surface area contributed by atoms with E-state index in [-0.39, 0.29) is 0 Å². The molecule has 0 aromatic heterocycles. The highest BCUT2D eigenvalue weighted by Gasteiger charge is 2.73. The van der Waals surface area contributed by atoms with Crippen LogP contribution in [0, 0.1) is 35.0 Å². The first-order chi connectivity index (χ1) is 5.84. The second-order valence-corrected chi connectivity index (χ2v) is 5.99. The fraction of sp³-hybridized carbons (Fsp3) is 1.00. The van der Waals surface area contributed by atoms with Crippen molar-refractivity contribution in [2.24, 2.45) is 35.0 Å². The number of hydrogen-bond acceptors (Lipinski definition) is 0. The van der Waals surface area contributed by atoms with Crippen molar-refractivity contribution >= 4 is 0 Å². The van der Waals surface area contributed by atoms with Crippen LogP contribution in [0.4, 0.5) is 0 Å². The molecule has 0 aromatic rings. The number of rotatable bonds is 1. The zero-order valence-electron chi connectivity index (χ0n) is 7.92. The Morgan fingerprint density at radius 1 is 1.25 bits per heavy atom. The van der Waals surface area contributed by atoms with Gasteiger partial charge >= 0.3 is 0 Å². The molecule has 0 N–H and O–H groups in total. The first-order valence-corrected chi connectivity index (χ1v) is 5.84. The van der Waals surface area contributed by atoms with Crippen LogP contribution in [-0.2, 0) is 0 Å². The summed E-state index contributed by atoms with van der Waals surface area (Å²) in [5.74, 6) is 6.04. The molecule has 5 aliphatic carbocycles. The molecule has 1 spiro atoms. The van der Waals surface area contributed by atoms with E-state index < -0.39 is 0 Å². The van der Waals surface area contributed by atoms with Gasteiger partial charge in [0.25, 0.3) is 0 Å². The molecule has 12 heavy (non-hydrogen) atoms. The average Bonchev–Trinajstić information content (AvgIpc) is 2.65. The lowest BCUT2D eigenvalue weighted by atomic mass is 9.62. The molecule has 0 aromatic carbocycles. The summed E-state index contributed by atoms with van der Waals surface area (Å²) in [5.41, 5.74) is 0.931. The van der Waals surface area contributed by atoms with Crippen LogP contribution in [0.1, 0.15) is 39.0 Å². The quantitative estimate of drug-likeness (QED) is 0.556. The Labute approximate surface area is 74.7 Å². The van der Waals surface area contributed by atoms with Crippen molar-refractivity contribution in [3.05, 3.63) is 0 Å². The van der Waals surface area contributed by atoms with Crippen molar-refractivity contribution in [2.75, 3.05) is 0 Å². The van der Waals surface area contributed by atoms with Crippen LogP contribution in [0.25, 0.3) is 0 Å². The minimum absolute atomic E-state index is 0.931. The SMILES string of the molecule is CCC1CC23CC4CC2C4C1C3. The lowest BCUT2D eigenvalue weighted by Crippen LogP contribution is -2.37. The molecule has 5 aliphatic rings. The normalized spacial score (nSPS) is 70.2. The third-order valence-electron chi connectivity index (χ3n) is 5.96. The van der Waals surface area contributed by atoms with Gasteiger partial charge in [0.2, 0.25) is 0 Å². The Kier molecular flexibility index (Phi) is 0.875. The second kappa shape index (κ2) is 1.63. The molecule has 5 saturated carbocycles. The Morgan fingerprint density at radius 2 is 2.17 bits per heavy atom. The zero-order chi connectivity index (χ0) is 7.92. The van der Waals surface area contributed by atoms with Crippen LogP contribution < -0.4 is 0 Å². The lowest BCUT2D eigenvalue weighted by Gasteiger charge is -2.43. The van der Waals surface area contributed by atoms with Gasteiger partial charge in [0.05, 0.1) is 0 Å². The van der Waals surface area contributed by atoms with Crippen LogP contribution in [0.5, 0.6) is 0 Å². The van der Waals surface area contributed by atoms with Gasteiger partial charge in [-0.25, -0.2) is 0 Å². The number of hydrogen-bond donors (Lipinski definition) is 0. The first-order valence-electron chi connectivity index (χ1n) is 5.84. The predicted octanol–water partition coefficient (Wildman–Crippen LogP) is 3.08. The van der Waals surface area contributed by atoms with Gasteiger partial charge in [-0.3, -0.25) is 0 Å². The van der Waals surface area contributed by atoms with E-state index in [1.54, 1.807) is 25.7 Å². The molecule has 0 saturated heterocycles. The van der Waals surface area contributed by atoms with Gasteiger partial charge in [-0.15, -0.1) is 0 Å². The number of fused-ring (bicyclic) bond motifs is 1. The molecule has 0 amide bonds. The maximum absolute atomic E-state index is 2.41. The maximum atomic E-state index is 2.41. The van der Waals surface area contributed by atoms with Crippen molar-refractivity contribution in [3.8, 4) is 0 Å². The van der Waals surface area contributed by atoms with Crippen LogP contribution in [0.3, 0.4) is 0 Å². The van der Waals surface area contributed by atoms with Gasteiger partial charge in [-0.1, -0.05) is 13.3 Å². The van der Waals surface area contributed by atoms with Gasteiger partial charge in [-0.05, 0) is 60.7 Å². The third kappa shape index (κ3) is 0.438. The fourth-order valence-electron chi connectivity index (χ4n) is 5.73. The van der Waals surface area contributed by atoms with Crippen molar-refractivity contribution in [3.63, 3.8) is 0 Å². The predicted molar refractivity (Wildman–Crippen MR) is 48.6 cm³/mol. The van der Waals surface area contributed by atoms with Gasteiger partial charge in [0, 0.05) is 0 Å². The topological polar surface area (TPSA) is 0 Å². The van der Waals surface area contributed by atoms with E-state index in [2.05, 4.69) is 6.92 Å². The molecule has 0 nitrogen and oxygen atoms in total. The highest BCUT2D eigenvalue weighted by molar-refractivity contribution is 5.22. The fourth-order valence-corrected chi connectivity index (χ4v) is 5.73. The highest BCUT2D eigenvalue weighted by Crippen LogP contribution is 2.80. The third-order valence-corrected chi connectivity index (χ3v) is 5.96. The summed E-state index contributed by atoms with van der Waals surface area (Å²) in [4.78, 5) is 0. The molecular formula is C12H18. The van der Waals surface area contributed by atoms with E-state index in [1.807, 2.05) is 0 Å². The van der Waals surface area contributed by atoms with Gasteiger partial charge in [-0.2, -0.15) is 0 Å². The summed E-state index contributed by atoms with van der Waals surface area (Å²) in [5, 5.41) is 0. The average molecular weight is 162 g/mol. The van der Waals surface area contributed by atoms with Crippen LogP contribution >= 0.6 is 0 Å². The Balaban J connectivity index is 1.79. The zero-order valence-corrected chi connectivity index (χ0v) is 7.92. The van der Waals surface area contributed by atoms with E-state index in [4.69, 9.17) is 0 Å². The van der Waals surface area contributed by atoms with Crippen LogP contribution in [0.2, 0.25) is 0 Å². The van der Waals surface area contributed by atoms with Crippen molar-refractivity contribution in [1.82, 2.24) is 0 Å². The summed E-state index contributed by atoms with van der Waals surface area (Å²) in [6.07, 6.45) is 8.04. The van der Waals surface area contributed by atoms with Crippen molar-refractivity contribution in [2.45, 2.75) is 39.0 Å². The molecular weight excluding hydrogens is 144 g/mol. The van der Waals surface area contributed by atoms with Crippen LogP contribution in [0.15, 0.2) is 0 Å². The molecule has 0 aliphatic heterocycles. The Morgan fingerprint density at radius 3 is 2.92 bits per heavy atom. The summed E-state index contributed by atoms with van der Waals surface area (Å²) < 4.78 is 0. The van der Waals surface area contributed by atoms with E-state index in [0.717, 1.165) is 11.3 Å².